The van der Waals surface area contributed by atoms with Crippen molar-refractivity contribution in [2.24, 2.45) is 0 Å². The first-order chi connectivity index (χ1) is 12.6. The van der Waals surface area contributed by atoms with Crippen LogP contribution in [-0.2, 0) is 0 Å². The zero-order valence-electron chi connectivity index (χ0n) is 14.7. The molecule has 5 rings (SSSR count). The van der Waals surface area contributed by atoms with E-state index in [9.17, 15) is 4.79 Å². The Morgan fingerprint density at radius 1 is 1.12 bits per heavy atom. The maximum Gasteiger partial charge on any atom is 0.298 e. The summed E-state index contributed by atoms with van der Waals surface area (Å²) in [6.45, 7) is 3.53. The molecule has 2 aliphatic rings. The summed E-state index contributed by atoms with van der Waals surface area (Å²) in [6.07, 6.45) is 2.01. The number of anilines is 1. The van der Waals surface area contributed by atoms with E-state index in [1.165, 1.54) is 0 Å². The molecule has 1 fully saturated rings. The third kappa shape index (κ3) is 2.46. The third-order valence-electron chi connectivity index (χ3n) is 5.47. The Morgan fingerprint density at radius 3 is 2.73 bits per heavy atom. The molecule has 5 nitrogen and oxygen atoms in total. The van der Waals surface area contributed by atoms with Gasteiger partial charge in [-0.2, -0.15) is 4.98 Å². The van der Waals surface area contributed by atoms with Crippen LogP contribution < -0.4 is 9.64 Å². The zero-order valence-corrected chi connectivity index (χ0v) is 14.7. The Morgan fingerprint density at radius 2 is 1.92 bits per heavy atom. The highest BCUT2D eigenvalue weighted by Crippen LogP contribution is 2.40. The van der Waals surface area contributed by atoms with E-state index in [1.807, 2.05) is 49.4 Å². The fraction of sp³-hybridized carbons (Fsp3) is 0.333. The van der Waals surface area contributed by atoms with Crippen molar-refractivity contribution in [2.45, 2.75) is 31.8 Å². The van der Waals surface area contributed by atoms with Crippen molar-refractivity contribution in [3.63, 3.8) is 0 Å². The molecular formula is C21H20N2O3. The van der Waals surface area contributed by atoms with Gasteiger partial charge in [0.2, 0.25) is 0 Å². The standard InChI is InChI=1S/C21H20N2O3/c1-14-6-7-18-15(12-14)17(24)13-21(26-18)8-10-23(11-9-21)20-22-16-4-2-3-5-19(16)25-20/h2-7,12H,8-11,13H2,1H3. The monoisotopic (exact) mass is 348 g/mol. The van der Waals surface area contributed by atoms with E-state index in [-0.39, 0.29) is 5.78 Å². The van der Waals surface area contributed by atoms with Crippen molar-refractivity contribution in [3.8, 4) is 5.75 Å². The number of fused-ring (bicyclic) bond motifs is 2. The number of benzene rings is 2. The van der Waals surface area contributed by atoms with Gasteiger partial charge >= 0.3 is 0 Å². The van der Waals surface area contributed by atoms with Crippen LogP contribution in [0.15, 0.2) is 46.9 Å². The van der Waals surface area contributed by atoms with Crippen LogP contribution in [0.1, 0.15) is 35.2 Å². The number of carbonyl (C=O) groups is 1. The predicted octanol–water partition coefficient (Wildman–Crippen LogP) is 4.14. The first kappa shape index (κ1) is 15.4. The molecule has 1 spiro atoms. The molecule has 0 amide bonds. The van der Waals surface area contributed by atoms with E-state index in [2.05, 4.69) is 9.88 Å². The average molecular weight is 348 g/mol. The normalized spacial score (nSPS) is 18.8. The molecule has 0 aliphatic carbocycles. The van der Waals surface area contributed by atoms with Crippen LogP contribution >= 0.6 is 0 Å². The SMILES string of the molecule is Cc1ccc2c(c1)C(=O)CC1(CCN(c3nc4ccccc4o3)CC1)O2. The molecular weight excluding hydrogens is 328 g/mol. The molecule has 2 aliphatic heterocycles. The van der Waals surface area contributed by atoms with Gasteiger partial charge in [0.25, 0.3) is 6.01 Å². The summed E-state index contributed by atoms with van der Waals surface area (Å²) >= 11 is 0. The van der Waals surface area contributed by atoms with Gasteiger partial charge in [0.15, 0.2) is 11.4 Å². The van der Waals surface area contributed by atoms with Gasteiger partial charge in [-0.25, -0.2) is 0 Å². The molecule has 1 aromatic heterocycles. The molecule has 0 unspecified atom stereocenters. The van der Waals surface area contributed by atoms with Crippen molar-refractivity contribution >= 4 is 22.9 Å². The predicted molar refractivity (Wildman–Crippen MR) is 98.9 cm³/mol. The summed E-state index contributed by atoms with van der Waals surface area (Å²) in [4.78, 5) is 19.4. The van der Waals surface area contributed by atoms with E-state index >= 15 is 0 Å². The highest BCUT2D eigenvalue weighted by atomic mass is 16.5. The lowest BCUT2D eigenvalue weighted by molar-refractivity contribution is 0.0226. The molecule has 1 saturated heterocycles. The Labute approximate surface area is 151 Å². The van der Waals surface area contributed by atoms with E-state index in [0.29, 0.717) is 12.4 Å². The number of aromatic nitrogens is 1. The fourth-order valence-electron chi connectivity index (χ4n) is 3.99. The van der Waals surface area contributed by atoms with Gasteiger partial charge in [-0.3, -0.25) is 4.79 Å². The number of rotatable bonds is 1. The second-order valence-corrected chi connectivity index (χ2v) is 7.34. The van der Waals surface area contributed by atoms with Crippen LogP contribution in [0.3, 0.4) is 0 Å². The number of nitrogens with zero attached hydrogens (tertiary/aromatic N) is 2. The van der Waals surface area contributed by atoms with Crippen molar-refractivity contribution in [1.29, 1.82) is 0 Å². The molecule has 0 bridgehead atoms. The number of hydrogen-bond acceptors (Lipinski definition) is 5. The highest BCUT2D eigenvalue weighted by molar-refractivity contribution is 6.00. The number of carbonyl (C=O) groups excluding carboxylic acids is 1. The summed E-state index contributed by atoms with van der Waals surface area (Å²) < 4.78 is 12.2. The number of oxazole rings is 1. The molecule has 3 heterocycles. The number of Topliss-reactive ketones (excluding diaryl/α,β-unsaturated/α-hetero) is 1. The number of piperidine rings is 1. The minimum Gasteiger partial charge on any atom is -0.486 e. The molecule has 26 heavy (non-hydrogen) atoms. The fourth-order valence-corrected chi connectivity index (χ4v) is 3.99. The quantitative estimate of drug-likeness (QED) is 0.661. The van der Waals surface area contributed by atoms with Gasteiger partial charge in [-0.15, -0.1) is 0 Å². The Bertz CT molecular complexity index is 966. The summed E-state index contributed by atoms with van der Waals surface area (Å²) in [7, 11) is 0. The van der Waals surface area contributed by atoms with Gasteiger partial charge in [0.1, 0.15) is 16.9 Å². The van der Waals surface area contributed by atoms with Crippen LogP contribution in [0.2, 0.25) is 0 Å². The largest absolute Gasteiger partial charge is 0.486 e. The molecule has 0 saturated carbocycles. The van der Waals surface area contributed by atoms with Crippen molar-refractivity contribution in [1.82, 2.24) is 4.98 Å². The topological polar surface area (TPSA) is 55.6 Å². The molecule has 0 N–H and O–H groups in total. The Hall–Kier alpha value is -2.82. The van der Waals surface area contributed by atoms with Gasteiger partial charge in [-0.05, 0) is 31.2 Å². The van der Waals surface area contributed by atoms with Crippen LogP contribution in [0.5, 0.6) is 5.75 Å². The number of ketones is 1. The third-order valence-corrected chi connectivity index (χ3v) is 5.47. The van der Waals surface area contributed by atoms with Gasteiger partial charge in [0.05, 0.1) is 12.0 Å². The molecule has 132 valence electrons. The summed E-state index contributed by atoms with van der Waals surface area (Å²) in [6, 6.07) is 14.3. The van der Waals surface area contributed by atoms with Gasteiger partial charge < -0.3 is 14.1 Å². The zero-order chi connectivity index (χ0) is 17.7. The molecule has 0 atom stereocenters. The van der Waals surface area contributed by atoms with E-state index in [4.69, 9.17) is 9.15 Å². The highest BCUT2D eigenvalue weighted by Gasteiger charge is 2.43. The minimum absolute atomic E-state index is 0.185. The lowest BCUT2D eigenvalue weighted by Gasteiger charge is -2.43. The number of hydrogen-bond donors (Lipinski definition) is 0. The van der Waals surface area contributed by atoms with Gasteiger partial charge in [-0.1, -0.05) is 23.8 Å². The first-order valence-electron chi connectivity index (χ1n) is 9.05. The molecule has 0 radical (unpaired) electrons. The van der Waals surface area contributed by atoms with Crippen LogP contribution in [0.4, 0.5) is 6.01 Å². The molecule has 5 heteroatoms. The Balaban J connectivity index is 1.36. The first-order valence-corrected chi connectivity index (χ1v) is 9.05. The van der Waals surface area contributed by atoms with E-state index in [1.54, 1.807) is 0 Å². The van der Waals surface area contributed by atoms with Crippen LogP contribution in [0.25, 0.3) is 11.1 Å². The van der Waals surface area contributed by atoms with Crippen LogP contribution in [-0.4, -0.2) is 29.5 Å². The maximum atomic E-state index is 12.7. The molecule has 3 aromatic rings. The van der Waals surface area contributed by atoms with Crippen molar-refractivity contribution in [3.05, 3.63) is 53.6 Å². The number of para-hydroxylation sites is 2. The second kappa shape index (κ2) is 5.59. The van der Waals surface area contributed by atoms with Crippen molar-refractivity contribution < 1.29 is 13.9 Å². The summed E-state index contributed by atoms with van der Waals surface area (Å²) in [5.74, 6) is 0.910. The number of ether oxygens (including phenoxy) is 1. The van der Waals surface area contributed by atoms with Crippen molar-refractivity contribution in [2.75, 3.05) is 18.0 Å². The van der Waals surface area contributed by atoms with E-state index < -0.39 is 5.60 Å². The van der Waals surface area contributed by atoms with Crippen LogP contribution in [0, 0.1) is 6.92 Å². The molecule has 2 aromatic carbocycles. The summed E-state index contributed by atoms with van der Waals surface area (Å²) in [5, 5.41) is 0. The lowest BCUT2D eigenvalue weighted by Crippen LogP contribution is -2.51. The van der Waals surface area contributed by atoms with Gasteiger partial charge in [0, 0.05) is 25.9 Å². The number of aryl methyl sites for hydroxylation is 1. The average Bonchev–Trinajstić information content (AvgIpc) is 3.07. The second-order valence-electron chi connectivity index (χ2n) is 7.34. The smallest absolute Gasteiger partial charge is 0.298 e. The maximum absolute atomic E-state index is 12.7. The minimum atomic E-state index is -0.401. The lowest BCUT2D eigenvalue weighted by atomic mass is 9.82. The summed E-state index contributed by atoms with van der Waals surface area (Å²) in [5.41, 5.74) is 3.08. The Kier molecular flexibility index (Phi) is 3.32. The van der Waals surface area contributed by atoms with E-state index in [0.717, 1.165) is 53.9 Å².